The third kappa shape index (κ3) is 4.93. The van der Waals surface area contributed by atoms with E-state index in [2.05, 4.69) is 33.1 Å². The number of hydrogen-bond donors (Lipinski definition) is 1. The Morgan fingerprint density at radius 1 is 1.03 bits per heavy atom. The summed E-state index contributed by atoms with van der Waals surface area (Å²) < 4.78 is 7.68. The van der Waals surface area contributed by atoms with E-state index in [0.717, 1.165) is 56.0 Å². The summed E-state index contributed by atoms with van der Waals surface area (Å²) in [4.78, 5) is 30.0. The lowest BCUT2D eigenvalue weighted by Gasteiger charge is -2.26. The minimum atomic E-state index is -0.475. The molecular formula is C25H28N4O3S. The Morgan fingerprint density at radius 3 is 2.67 bits per heavy atom. The smallest absolute Gasteiger partial charge is 0.255 e. The number of nitrogens with one attached hydrogen (secondary N) is 1. The lowest BCUT2D eigenvalue weighted by atomic mass is 10.1. The van der Waals surface area contributed by atoms with E-state index >= 15 is 0 Å². The van der Waals surface area contributed by atoms with Crippen molar-refractivity contribution in [1.82, 2.24) is 14.4 Å². The number of anilines is 1. The topological polar surface area (TPSA) is 66.8 Å². The van der Waals surface area contributed by atoms with Gasteiger partial charge in [0.2, 0.25) is 5.91 Å². The summed E-state index contributed by atoms with van der Waals surface area (Å²) in [6.07, 6.45) is 2.10. The van der Waals surface area contributed by atoms with Gasteiger partial charge in [-0.3, -0.25) is 14.5 Å². The summed E-state index contributed by atoms with van der Waals surface area (Å²) in [7, 11) is 0. The summed E-state index contributed by atoms with van der Waals surface area (Å²) >= 11 is 1.60. The molecule has 1 atom stereocenters. The van der Waals surface area contributed by atoms with Gasteiger partial charge in [0, 0.05) is 60.3 Å². The Balaban J connectivity index is 1.24. The normalized spacial score (nSPS) is 19.2. The fourth-order valence-electron chi connectivity index (χ4n) is 4.38. The monoisotopic (exact) mass is 464 g/mol. The zero-order chi connectivity index (χ0) is 22.6. The highest BCUT2D eigenvalue weighted by molar-refractivity contribution is 7.99. The standard InChI is InChI=1S/C25H28N4O3S/c30-24(23-17-33-18-29(23)25(31)19-4-2-1-3-5-19)26-21-6-7-22-20(16-21)8-9-28(22)11-10-27-12-14-32-15-13-27/h1-9,16,23H,10-15,17-18H2,(H,26,30)/t23-/m0/s1. The summed E-state index contributed by atoms with van der Waals surface area (Å²) in [6.45, 7) is 5.51. The first-order valence-corrected chi connectivity index (χ1v) is 12.5. The van der Waals surface area contributed by atoms with Crippen LogP contribution >= 0.6 is 11.8 Å². The Hall–Kier alpha value is -2.81. The molecule has 5 rings (SSSR count). The second kappa shape index (κ2) is 9.99. The van der Waals surface area contributed by atoms with Crippen molar-refractivity contribution in [2.45, 2.75) is 12.6 Å². The van der Waals surface area contributed by atoms with Crippen molar-refractivity contribution in [1.29, 1.82) is 0 Å². The lowest BCUT2D eigenvalue weighted by molar-refractivity contribution is -0.119. The Kier molecular flexibility index (Phi) is 6.66. The van der Waals surface area contributed by atoms with Crippen LogP contribution in [0, 0.1) is 0 Å². The van der Waals surface area contributed by atoms with Crippen molar-refractivity contribution in [2.75, 3.05) is 49.8 Å². The Bertz CT molecular complexity index is 1130. The molecule has 2 amide bonds. The van der Waals surface area contributed by atoms with E-state index < -0.39 is 6.04 Å². The van der Waals surface area contributed by atoms with Gasteiger partial charge < -0.3 is 19.5 Å². The van der Waals surface area contributed by atoms with E-state index in [-0.39, 0.29) is 11.8 Å². The molecule has 2 aromatic carbocycles. The van der Waals surface area contributed by atoms with Crippen molar-refractivity contribution in [3.05, 3.63) is 66.4 Å². The minimum absolute atomic E-state index is 0.103. The number of aromatic nitrogens is 1. The molecule has 0 spiro atoms. The van der Waals surface area contributed by atoms with Crippen LogP contribution in [0.4, 0.5) is 5.69 Å². The molecule has 3 aromatic rings. The van der Waals surface area contributed by atoms with E-state index in [0.29, 0.717) is 17.2 Å². The second-order valence-electron chi connectivity index (χ2n) is 8.38. The average molecular weight is 465 g/mol. The molecule has 2 aliphatic rings. The van der Waals surface area contributed by atoms with Crippen LogP contribution in [0.3, 0.4) is 0 Å². The maximum absolute atomic E-state index is 13.0. The molecule has 3 heterocycles. The molecule has 0 radical (unpaired) electrons. The van der Waals surface area contributed by atoms with Gasteiger partial charge in [0.05, 0.1) is 19.1 Å². The predicted molar refractivity (Wildman–Crippen MR) is 132 cm³/mol. The van der Waals surface area contributed by atoms with Crippen LogP contribution in [0.1, 0.15) is 10.4 Å². The largest absolute Gasteiger partial charge is 0.379 e. The fourth-order valence-corrected chi connectivity index (χ4v) is 5.53. The SMILES string of the molecule is O=C(Nc1ccc2c(ccn2CCN2CCOCC2)c1)[C@@H]1CSCN1C(=O)c1ccccc1. The number of ether oxygens (including phenoxy) is 1. The Morgan fingerprint density at radius 2 is 1.85 bits per heavy atom. The van der Waals surface area contributed by atoms with Gasteiger partial charge >= 0.3 is 0 Å². The first kappa shape index (κ1) is 22.0. The molecule has 8 heteroatoms. The summed E-state index contributed by atoms with van der Waals surface area (Å²) in [5.74, 6) is 0.880. The molecule has 0 unspecified atom stereocenters. The summed E-state index contributed by atoms with van der Waals surface area (Å²) in [5, 5.41) is 4.12. The summed E-state index contributed by atoms with van der Waals surface area (Å²) in [5.41, 5.74) is 2.51. The molecule has 7 nitrogen and oxygen atoms in total. The minimum Gasteiger partial charge on any atom is -0.379 e. The third-order valence-electron chi connectivity index (χ3n) is 6.27. The van der Waals surface area contributed by atoms with Gasteiger partial charge in [-0.25, -0.2) is 0 Å². The van der Waals surface area contributed by atoms with Crippen LogP contribution in [-0.2, 0) is 16.1 Å². The van der Waals surface area contributed by atoms with E-state index in [4.69, 9.17) is 4.74 Å². The lowest BCUT2D eigenvalue weighted by Crippen LogP contribution is -2.44. The van der Waals surface area contributed by atoms with Crippen LogP contribution in [0.2, 0.25) is 0 Å². The maximum Gasteiger partial charge on any atom is 0.255 e. The predicted octanol–water partition coefficient (Wildman–Crippen LogP) is 3.13. The number of morpholine rings is 1. The van der Waals surface area contributed by atoms with Crippen LogP contribution < -0.4 is 5.32 Å². The quantitative estimate of drug-likeness (QED) is 0.607. The first-order chi connectivity index (χ1) is 16.2. The van der Waals surface area contributed by atoms with Gasteiger partial charge in [0.15, 0.2) is 0 Å². The number of hydrogen-bond acceptors (Lipinski definition) is 5. The van der Waals surface area contributed by atoms with Crippen molar-refractivity contribution in [3.63, 3.8) is 0 Å². The van der Waals surface area contributed by atoms with Gasteiger partial charge in [-0.15, -0.1) is 11.8 Å². The number of amides is 2. The highest BCUT2D eigenvalue weighted by Gasteiger charge is 2.35. The molecule has 0 bridgehead atoms. The van der Waals surface area contributed by atoms with Crippen LogP contribution in [0.25, 0.3) is 10.9 Å². The fraction of sp³-hybridized carbons (Fsp3) is 0.360. The molecule has 2 fully saturated rings. The van der Waals surface area contributed by atoms with E-state index in [1.165, 1.54) is 0 Å². The molecule has 0 saturated carbocycles. The zero-order valence-corrected chi connectivity index (χ0v) is 19.3. The zero-order valence-electron chi connectivity index (χ0n) is 18.5. The highest BCUT2D eigenvalue weighted by Crippen LogP contribution is 2.26. The number of rotatable bonds is 6. The number of thioether (sulfide) groups is 1. The van der Waals surface area contributed by atoms with E-state index in [1.54, 1.807) is 28.8 Å². The molecule has 172 valence electrons. The van der Waals surface area contributed by atoms with Gasteiger partial charge in [-0.05, 0) is 36.4 Å². The molecule has 2 aliphatic heterocycles. The van der Waals surface area contributed by atoms with Gasteiger partial charge in [-0.1, -0.05) is 18.2 Å². The van der Waals surface area contributed by atoms with Crippen molar-refractivity contribution in [2.24, 2.45) is 0 Å². The molecule has 2 saturated heterocycles. The van der Waals surface area contributed by atoms with Crippen molar-refractivity contribution < 1.29 is 14.3 Å². The van der Waals surface area contributed by atoms with E-state index in [9.17, 15) is 9.59 Å². The number of carbonyl (C=O) groups is 2. The number of carbonyl (C=O) groups excluding carboxylic acids is 2. The third-order valence-corrected chi connectivity index (χ3v) is 7.28. The van der Waals surface area contributed by atoms with Crippen molar-refractivity contribution in [3.8, 4) is 0 Å². The molecule has 0 aliphatic carbocycles. The summed E-state index contributed by atoms with van der Waals surface area (Å²) in [6, 6.07) is 16.8. The van der Waals surface area contributed by atoms with Gasteiger partial charge in [0.1, 0.15) is 6.04 Å². The van der Waals surface area contributed by atoms with E-state index in [1.807, 2.05) is 30.3 Å². The first-order valence-electron chi connectivity index (χ1n) is 11.3. The highest BCUT2D eigenvalue weighted by atomic mass is 32.2. The Labute approximate surface area is 197 Å². The van der Waals surface area contributed by atoms with Crippen LogP contribution in [0.5, 0.6) is 0 Å². The van der Waals surface area contributed by atoms with Gasteiger partial charge in [-0.2, -0.15) is 0 Å². The second-order valence-corrected chi connectivity index (χ2v) is 9.38. The maximum atomic E-state index is 13.0. The molecular weight excluding hydrogens is 436 g/mol. The van der Waals surface area contributed by atoms with Crippen LogP contribution in [0.15, 0.2) is 60.8 Å². The van der Waals surface area contributed by atoms with Crippen LogP contribution in [-0.4, -0.2) is 76.7 Å². The number of benzene rings is 2. The molecule has 1 N–H and O–H groups in total. The number of nitrogens with zero attached hydrogens (tertiary/aromatic N) is 3. The molecule has 33 heavy (non-hydrogen) atoms. The number of fused-ring (bicyclic) bond motifs is 1. The van der Waals surface area contributed by atoms with Gasteiger partial charge in [0.25, 0.3) is 5.91 Å². The molecule has 1 aromatic heterocycles. The van der Waals surface area contributed by atoms with Crippen molar-refractivity contribution >= 4 is 40.2 Å². The average Bonchev–Trinajstić information content (AvgIpc) is 3.51.